The van der Waals surface area contributed by atoms with Gasteiger partial charge in [-0.3, -0.25) is 0 Å². The predicted molar refractivity (Wildman–Crippen MR) is 105 cm³/mol. The number of piperidine rings is 1. The summed E-state index contributed by atoms with van der Waals surface area (Å²) in [5.41, 5.74) is 1.29. The number of fused-ring (bicyclic) bond motifs is 1. The Balaban J connectivity index is 1.25. The smallest absolute Gasteiger partial charge is 0.320 e. The Hall–Kier alpha value is -1.27. The summed E-state index contributed by atoms with van der Waals surface area (Å²) in [6, 6.07) is 2.40. The van der Waals surface area contributed by atoms with E-state index in [-0.39, 0.29) is 6.03 Å². The standard InChI is InChI=1S/C20H31N3O2S/c24-20(22-11-2-1-3-12-22)23-13-7-18-17(16-23)15-19(26-18)25-14-6-10-21-8-4-5-9-21/h15H,1-14,16H2. The van der Waals surface area contributed by atoms with Gasteiger partial charge >= 0.3 is 6.03 Å². The van der Waals surface area contributed by atoms with Crippen molar-refractivity contribution in [3.63, 3.8) is 0 Å². The number of rotatable bonds is 5. The van der Waals surface area contributed by atoms with E-state index < -0.39 is 0 Å². The van der Waals surface area contributed by atoms with Gasteiger partial charge in [0.15, 0.2) is 5.06 Å². The predicted octanol–water partition coefficient (Wildman–Crippen LogP) is 3.58. The number of likely N-dealkylation sites (tertiary alicyclic amines) is 2. The Kier molecular flexibility index (Phi) is 6.00. The van der Waals surface area contributed by atoms with Crippen molar-refractivity contribution < 1.29 is 9.53 Å². The number of hydrogen-bond donors (Lipinski definition) is 0. The fourth-order valence-corrected chi connectivity index (χ4v) is 5.33. The summed E-state index contributed by atoms with van der Waals surface area (Å²) >= 11 is 1.78. The van der Waals surface area contributed by atoms with Crippen molar-refractivity contribution in [3.8, 4) is 5.06 Å². The molecule has 2 amide bonds. The number of thiophene rings is 1. The van der Waals surface area contributed by atoms with Gasteiger partial charge in [0.25, 0.3) is 0 Å². The van der Waals surface area contributed by atoms with E-state index in [1.54, 1.807) is 11.3 Å². The second-order valence-electron chi connectivity index (χ2n) is 7.77. The van der Waals surface area contributed by atoms with Crippen LogP contribution in [0, 0.1) is 0 Å². The molecule has 1 aromatic rings. The van der Waals surface area contributed by atoms with Crippen molar-refractivity contribution >= 4 is 17.4 Å². The largest absolute Gasteiger partial charge is 0.484 e. The van der Waals surface area contributed by atoms with Gasteiger partial charge in [0.2, 0.25) is 0 Å². The van der Waals surface area contributed by atoms with E-state index in [2.05, 4.69) is 11.0 Å². The maximum absolute atomic E-state index is 12.7. The van der Waals surface area contributed by atoms with Gasteiger partial charge in [-0.2, -0.15) is 0 Å². The summed E-state index contributed by atoms with van der Waals surface area (Å²) in [5, 5.41) is 1.03. The minimum Gasteiger partial charge on any atom is -0.484 e. The van der Waals surface area contributed by atoms with Crippen molar-refractivity contribution in [1.82, 2.24) is 14.7 Å². The molecule has 26 heavy (non-hydrogen) atoms. The zero-order valence-corrected chi connectivity index (χ0v) is 16.6. The molecule has 2 fully saturated rings. The molecule has 0 unspecified atom stereocenters. The highest BCUT2D eigenvalue weighted by Crippen LogP contribution is 2.33. The molecule has 0 atom stereocenters. The van der Waals surface area contributed by atoms with E-state index in [0.717, 1.165) is 70.1 Å². The van der Waals surface area contributed by atoms with Gasteiger partial charge in [0.05, 0.1) is 6.61 Å². The van der Waals surface area contributed by atoms with Crippen molar-refractivity contribution in [3.05, 3.63) is 16.5 Å². The maximum Gasteiger partial charge on any atom is 0.320 e. The average Bonchev–Trinajstić information content (AvgIpc) is 3.34. The van der Waals surface area contributed by atoms with Crippen LogP contribution in [0.25, 0.3) is 0 Å². The summed E-state index contributed by atoms with van der Waals surface area (Å²) in [6.45, 7) is 7.92. The molecular formula is C20H31N3O2S. The molecular weight excluding hydrogens is 346 g/mol. The van der Waals surface area contributed by atoms with Crippen LogP contribution in [0.15, 0.2) is 6.07 Å². The molecule has 5 nitrogen and oxygen atoms in total. The fourth-order valence-electron chi connectivity index (χ4n) is 4.29. The van der Waals surface area contributed by atoms with Gasteiger partial charge in [-0.15, -0.1) is 11.3 Å². The van der Waals surface area contributed by atoms with Crippen LogP contribution in [-0.4, -0.2) is 66.6 Å². The van der Waals surface area contributed by atoms with E-state index >= 15 is 0 Å². The number of nitrogens with zero attached hydrogens (tertiary/aromatic N) is 3. The van der Waals surface area contributed by atoms with Crippen LogP contribution in [0.4, 0.5) is 4.79 Å². The lowest BCUT2D eigenvalue weighted by Gasteiger charge is -2.34. The van der Waals surface area contributed by atoms with Crippen molar-refractivity contribution in [2.45, 2.75) is 51.5 Å². The number of carbonyl (C=O) groups is 1. The van der Waals surface area contributed by atoms with E-state index in [9.17, 15) is 4.79 Å². The highest BCUT2D eigenvalue weighted by molar-refractivity contribution is 7.14. The molecule has 0 N–H and O–H groups in total. The van der Waals surface area contributed by atoms with E-state index in [1.807, 2.05) is 9.80 Å². The lowest BCUT2D eigenvalue weighted by atomic mass is 10.1. The van der Waals surface area contributed by atoms with Crippen LogP contribution in [0.1, 0.15) is 49.0 Å². The molecule has 6 heteroatoms. The molecule has 4 heterocycles. The molecule has 3 aliphatic heterocycles. The molecule has 2 saturated heterocycles. The minimum atomic E-state index is 0.231. The molecule has 1 aromatic heterocycles. The van der Waals surface area contributed by atoms with Crippen LogP contribution >= 0.6 is 11.3 Å². The zero-order chi connectivity index (χ0) is 17.8. The maximum atomic E-state index is 12.7. The number of ether oxygens (including phenoxy) is 1. The Morgan fingerprint density at radius 1 is 1.00 bits per heavy atom. The normalized spacial score (nSPS) is 21.1. The van der Waals surface area contributed by atoms with Gasteiger partial charge in [-0.1, -0.05) is 0 Å². The number of hydrogen-bond acceptors (Lipinski definition) is 4. The zero-order valence-electron chi connectivity index (χ0n) is 15.8. The third kappa shape index (κ3) is 4.34. The average molecular weight is 378 g/mol. The highest BCUT2D eigenvalue weighted by atomic mass is 32.1. The van der Waals surface area contributed by atoms with Crippen LogP contribution in [0.5, 0.6) is 5.06 Å². The lowest BCUT2D eigenvalue weighted by Crippen LogP contribution is -2.46. The molecule has 0 aromatic carbocycles. The highest BCUT2D eigenvalue weighted by Gasteiger charge is 2.27. The monoisotopic (exact) mass is 377 g/mol. The van der Waals surface area contributed by atoms with Crippen LogP contribution in [-0.2, 0) is 13.0 Å². The number of urea groups is 1. The van der Waals surface area contributed by atoms with Gasteiger partial charge in [0.1, 0.15) is 0 Å². The first-order chi connectivity index (χ1) is 12.8. The molecule has 0 saturated carbocycles. The fraction of sp³-hybridized carbons (Fsp3) is 0.750. The van der Waals surface area contributed by atoms with Gasteiger partial charge in [0, 0.05) is 37.6 Å². The summed E-state index contributed by atoms with van der Waals surface area (Å²) in [6.07, 6.45) is 8.34. The molecule has 4 rings (SSSR count). The third-order valence-corrected chi connectivity index (χ3v) is 6.95. The first-order valence-corrected chi connectivity index (χ1v) is 11.1. The Labute approximate surface area is 160 Å². The van der Waals surface area contributed by atoms with Crippen LogP contribution < -0.4 is 4.74 Å². The summed E-state index contributed by atoms with van der Waals surface area (Å²) in [5.74, 6) is 0. The lowest BCUT2D eigenvalue weighted by molar-refractivity contribution is 0.139. The van der Waals surface area contributed by atoms with Crippen molar-refractivity contribution in [2.24, 2.45) is 0 Å². The van der Waals surface area contributed by atoms with E-state index in [4.69, 9.17) is 4.74 Å². The third-order valence-electron chi connectivity index (χ3n) is 5.80. The summed E-state index contributed by atoms with van der Waals surface area (Å²) in [4.78, 5) is 20.7. The SMILES string of the molecule is O=C(N1CCCCC1)N1CCc2sc(OCCCN3CCCC3)cc2C1. The van der Waals surface area contributed by atoms with Crippen LogP contribution in [0.3, 0.4) is 0 Å². The van der Waals surface area contributed by atoms with Gasteiger partial charge < -0.3 is 19.4 Å². The molecule has 0 aliphatic carbocycles. The molecule has 0 spiro atoms. The van der Waals surface area contributed by atoms with Crippen molar-refractivity contribution in [1.29, 1.82) is 0 Å². The van der Waals surface area contributed by atoms with Gasteiger partial charge in [-0.05, 0) is 69.7 Å². The summed E-state index contributed by atoms with van der Waals surface area (Å²) in [7, 11) is 0. The minimum absolute atomic E-state index is 0.231. The summed E-state index contributed by atoms with van der Waals surface area (Å²) < 4.78 is 6.01. The quantitative estimate of drug-likeness (QED) is 0.736. The number of carbonyl (C=O) groups excluding carboxylic acids is 1. The first kappa shape index (κ1) is 18.1. The Morgan fingerprint density at radius 3 is 2.58 bits per heavy atom. The topological polar surface area (TPSA) is 36.0 Å². The van der Waals surface area contributed by atoms with Crippen LogP contribution in [0.2, 0.25) is 0 Å². The molecule has 0 radical (unpaired) electrons. The second-order valence-corrected chi connectivity index (χ2v) is 8.87. The molecule has 0 bridgehead atoms. The molecule has 3 aliphatic rings. The van der Waals surface area contributed by atoms with E-state index in [1.165, 1.54) is 42.8 Å². The molecule has 144 valence electrons. The number of amides is 2. The Morgan fingerprint density at radius 2 is 1.77 bits per heavy atom. The van der Waals surface area contributed by atoms with Gasteiger partial charge in [-0.25, -0.2) is 4.79 Å². The first-order valence-electron chi connectivity index (χ1n) is 10.3. The second kappa shape index (κ2) is 8.61. The van der Waals surface area contributed by atoms with E-state index in [0.29, 0.717) is 0 Å². The van der Waals surface area contributed by atoms with Crippen molar-refractivity contribution in [2.75, 3.05) is 45.9 Å². The Bertz CT molecular complexity index is 606.